The van der Waals surface area contributed by atoms with Crippen molar-refractivity contribution in [2.75, 3.05) is 32.9 Å². The van der Waals surface area contributed by atoms with Gasteiger partial charge in [0.2, 0.25) is 0 Å². The standard InChI is InChI=1S/C14H23NO2/c1-3-16-11-4-9-15-10-12-17-14-7-5-13(2)6-8-14/h5-8,15H,3-4,9-12H2,1-2H3. The molecule has 96 valence electrons. The maximum atomic E-state index is 5.59. The molecule has 0 saturated heterocycles. The largest absolute Gasteiger partial charge is 0.492 e. The first kappa shape index (κ1) is 14.0. The number of rotatable bonds is 9. The molecular formula is C14H23NO2. The summed E-state index contributed by atoms with van der Waals surface area (Å²) in [6.45, 7) is 8.29. The lowest BCUT2D eigenvalue weighted by Crippen LogP contribution is -2.23. The van der Waals surface area contributed by atoms with E-state index in [2.05, 4.69) is 24.4 Å². The zero-order chi connectivity index (χ0) is 12.3. The lowest BCUT2D eigenvalue weighted by atomic mass is 10.2. The van der Waals surface area contributed by atoms with E-state index in [9.17, 15) is 0 Å². The summed E-state index contributed by atoms with van der Waals surface area (Å²) in [5.41, 5.74) is 1.26. The van der Waals surface area contributed by atoms with Crippen molar-refractivity contribution < 1.29 is 9.47 Å². The Morgan fingerprint density at radius 2 is 1.82 bits per heavy atom. The Labute approximate surface area is 104 Å². The van der Waals surface area contributed by atoms with Gasteiger partial charge in [-0.15, -0.1) is 0 Å². The summed E-state index contributed by atoms with van der Waals surface area (Å²) < 4.78 is 10.8. The summed E-state index contributed by atoms with van der Waals surface area (Å²) in [7, 11) is 0. The highest BCUT2D eigenvalue weighted by molar-refractivity contribution is 5.26. The van der Waals surface area contributed by atoms with Crippen molar-refractivity contribution in [3.05, 3.63) is 29.8 Å². The van der Waals surface area contributed by atoms with Crippen molar-refractivity contribution in [1.82, 2.24) is 5.32 Å². The summed E-state index contributed by atoms with van der Waals surface area (Å²) in [4.78, 5) is 0. The number of nitrogens with one attached hydrogen (secondary N) is 1. The topological polar surface area (TPSA) is 30.5 Å². The number of ether oxygens (including phenoxy) is 2. The minimum Gasteiger partial charge on any atom is -0.492 e. The maximum absolute atomic E-state index is 5.59. The Morgan fingerprint density at radius 3 is 2.53 bits per heavy atom. The highest BCUT2D eigenvalue weighted by atomic mass is 16.5. The zero-order valence-electron chi connectivity index (χ0n) is 10.9. The van der Waals surface area contributed by atoms with Crippen LogP contribution in [0.3, 0.4) is 0 Å². The minimum atomic E-state index is 0.706. The number of hydrogen-bond acceptors (Lipinski definition) is 3. The summed E-state index contributed by atoms with van der Waals surface area (Å²) >= 11 is 0. The SMILES string of the molecule is CCOCCCNCCOc1ccc(C)cc1. The molecule has 0 amide bonds. The fraction of sp³-hybridized carbons (Fsp3) is 0.571. The molecule has 0 saturated carbocycles. The molecule has 0 bridgehead atoms. The molecule has 1 aromatic rings. The second-order valence-corrected chi connectivity index (χ2v) is 3.96. The van der Waals surface area contributed by atoms with Gasteiger partial charge in [0.25, 0.3) is 0 Å². The zero-order valence-corrected chi connectivity index (χ0v) is 10.9. The molecule has 17 heavy (non-hydrogen) atoms. The fourth-order valence-corrected chi connectivity index (χ4v) is 1.44. The van der Waals surface area contributed by atoms with Crippen molar-refractivity contribution in [1.29, 1.82) is 0 Å². The van der Waals surface area contributed by atoms with Gasteiger partial charge in [0.15, 0.2) is 0 Å². The van der Waals surface area contributed by atoms with Crippen LogP contribution < -0.4 is 10.1 Å². The second kappa shape index (κ2) is 9.02. The molecule has 1 N–H and O–H groups in total. The van der Waals surface area contributed by atoms with Crippen molar-refractivity contribution in [2.45, 2.75) is 20.3 Å². The smallest absolute Gasteiger partial charge is 0.119 e. The maximum Gasteiger partial charge on any atom is 0.119 e. The van der Waals surface area contributed by atoms with Crippen LogP contribution in [0.2, 0.25) is 0 Å². The van der Waals surface area contributed by atoms with Gasteiger partial charge in [0.05, 0.1) is 0 Å². The van der Waals surface area contributed by atoms with Gasteiger partial charge in [-0.2, -0.15) is 0 Å². The highest BCUT2D eigenvalue weighted by Gasteiger charge is 1.93. The first-order chi connectivity index (χ1) is 8.33. The van der Waals surface area contributed by atoms with E-state index in [1.807, 2.05) is 19.1 Å². The average Bonchev–Trinajstić information content (AvgIpc) is 2.35. The minimum absolute atomic E-state index is 0.706. The lowest BCUT2D eigenvalue weighted by molar-refractivity contribution is 0.144. The van der Waals surface area contributed by atoms with E-state index in [4.69, 9.17) is 9.47 Å². The van der Waals surface area contributed by atoms with E-state index < -0.39 is 0 Å². The normalized spacial score (nSPS) is 10.5. The molecule has 0 aromatic heterocycles. The summed E-state index contributed by atoms with van der Waals surface area (Å²) in [5, 5.41) is 3.32. The van der Waals surface area contributed by atoms with Gasteiger partial charge in [-0.1, -0.05) is 17.7 Å². The molecule has 3 heteroatoms. The lowest BCUT2D eigenvalue weighted by Gasteiger charge is -2.07. The van der Waals surface area contributed by atoms with Crippen LogP contribution in [0, 0.1) is 6.92 Å². The Bertz CT molecular complexity index is 285. The van der Waals surface area contributed by atoms with E-state index in [0.717, 1.165) is 38.5 Å². The summed E-state index contributed by atoms with van der Waals surface area (Å²) in [6, 6.07) is 8.13. The molecule has 0 atom stereocenters. The van der Waals surface area contributed by atoms with Crippen molar-refractivity contribution in [3.63, 3.8) is 0 Å². The van der Waals surface area contributed by atoms with Gasteiger partial charge in [-0.05, 0) is 38.9 Å². The van der Waals surface area contributed by atoms with E-state index in [-0.39, 0.29) is 0 Å². The van der Waals surface area contributed by atoms with Crippen LogP contribution in [-0.2, 0) is 4.74 Å². The van der Waals surface area contributed by atoms with Crippen molar-refractivity contribution in [2.24, 2.45) is 0 Å². The number of hydrogen-bond donors (Lipinski definition) is 1. The predicted molar refractivity (Wildman–Crippen MR) is 70.7 cm³/mol. The van der Waals surface area contributed by atoms with Crippen LogP contribution in [0.1, 0.15) is 18.9 Å². The molecule has 0 spiro atoms. The Kier molecular flexibility index (Phi) is 7.43. The van der Waals surface area contributed by atoms with Crippen LogP contribution in [0.4, 0.5) is 0 Å². The molecule has 3 nitrogen and oxygen atoms in total. The summed E-state index contributed by atoms with van der Waals surface area (Å²) in [5.74, 6) is 0.937. The van der Waals surface area contributed by atoms with Crippen molar-refractivity contribution >= 4 is 0 Å². The van der Waals surface area contributed by atoms with Crippen LogP contribution in [0.25, 0.3) is 0 Å². The van der Waals surface area contributed by atoms with Gasteiger partial charge in [-0.3, -0.25) is 0 Å². The molecule has 0 aliphatic carbocycles. The third kappa shape index (κ3) is 6.97. The Morgan fingerprint density at radius 1 is 1.06 bits per heavy atom. The van der Waals surface area contributed by atoms with Crippen LogP contribution in [-0.4, -0.2) is 32.9 Å². The van der Waals surface area contributed by atoms with Gasteiger partial charge in [0, 0.05) is 19.8 Å². The van der Waals surface area contributed by atoms with E-state index in [0.29, 0.717) is 6.61 Å². The first-order valence-electron chi connectivity index (χ1n) is 6.31. The molecule has 0 aliphatic rings. The third-order valence-electron chi connectivity index (χ3n) is 2.41. The average molecular weight is 237 g/mol. The number of aryl methyl sites for hydroxylation is 1. The molecule has 0 fully saturated rings. The predicted octanol–water partition coefficient (Wildman–Crippen LogP) is 2.39. The Balaban J connectivity index is 1.95. The quantitative estimate of drug-likeness (QED) is 0.669. The van der Waals surface area contributed by atoms with Crippen LogP contribution in [0.15, 0.2) is 24.3 Å². The fourth-order valence-electron chi connectivity index (χ4n) is 1.44. The molecule has 0 heterocycles. The monoisotopic (exact) mass is 237 g/mol. The second-order valence-electron chi connectivity index (χ2n) is 3.96. The van der Waals surface area contributed by atoms with Crippen LogP contribution >= 0.6 is 0 Å². The van der Waals surface area contributed by atoms with Gasteiger partial charge < -0.3 is 14.8 Å². The molecule has 1 rings (SSSR count). The molecule has 1 aromatic carbocycles. The molecular weight excluding hydrogens is 214 g/mol. The van der Waals surface area contributed by atoms with Gasteiger partial charge in [0.1, 0.15) is 12.4 Å². The first-order valence-corrected chi connectivity index (χ1v) is 6.31. The van der Waals surface area contributed by atoms with E-state index >= 15 is 0 Å². The van der Waals surface area contributed by atoms with E-state index in [1.54, 1.807) is 0 Å². The molecule has 0 aliphatic heterocycles. The highest BCUT2D eigenvalue weighted by Crippen LogP contribution is 2.10. The molecule has 0 unspecified atom stereocenters. The number of benzene rings is 1. The van der Waals surface area contributed by atoms with Crippen LogP contribution in [0.5, 0.6) is 5.75 Å². The van der Waals surface area contributed by atoms with E-state index in [1.165, 1.54) is 5.56 Å². The van der Waals surface area contributed by atoms with Crippen molar-refractivity contribution in [3.8, 4) is 5.75 Å². The third-order valence-corrected chi connectivity index (χ3v) is 2.41. The molecule has 0 radical (unpaired) electrons. The van der Waals surface area contributed by atoms with Gasteiger partial charge >= 0.3 is 0 Å². The van der Waals surface area contributed by atoms with Gasteiger partial charge in [-0.25, -0.2) is 0 Å². The Hall–Kier alpha value is -1.06. The summed E-state index contributed by atoms with van der Waals surface area (Å²) in [6.07, 6.45) is 1.05.